The van der Waals surface area contributed by atoms with Crippen molar-refractivity contribution in [2.75, 3.05) is 26.2 Å². The zero-order valence-corrected chi connectivity index (χ0v) is 11.3. The molecule has 0 saturated carbocycles. The fourth-order valence-corrected chi connectivity index (χ4v) is 2.86. The first-order chi connectivity index (χ1) is 8.77. The number of rotatable bonds is 5. The van der Waals surface area contributed by atoms with E-state index >= 15 is 0 Å². The van der Waals surface area contributed by atoms with Gasteiger partial charge in [-0.2, -0.15) is 11.3 Å². The van der Waals surface area contributed by atoms with E-state index in [0.29, 0.717) is 13.1 Å². The van der Waals surface area contributed by atoms with Crippen molar-refractivity contribution >= 4 is 17.2 Å². The highest BCUT2D eigenvalue weighted by Gasteiger charge is 2.16. The van der Waals surface area contributed by atoms with E-state index in [9.17, 15) is 9.90 Å². The number of aliphatic hydroxyl groups is 1. The highest BCUT2D eigenvalue weighted by Crippen LogP contribution is 2.15. The summed E-state index contributed by atoms with van der Waals surface area (Å²) < 4.78 is 0. The second-order valence-electron chi connectivity index (χ2n) is 4.64. The Morgan fingerprint density at radius 3 is 2.89 bits per heavy atom. The van der Waals surface area contributed by atoms with Crippen molar-refractivity contribution in [3.63, 3.8) is 0 Å². The van der Waals surface area contributed by atoms with Crippen LogP contribution in [-0.2, 0) is 4.79 Å². The number of hydrogen-bond donors (Lipinski definition) is 2. The third-order valence-electron chi connectivity index (χ3n) is 3.25. The Labute approximate surface area is 112 Å². The monoisotopic (exact) mass is 268 g/mol. The number of carbonyl (C=O) groups is 1. The van der Waals surface area contributed by atoms with E-state index in [1.54, 1.807) is 11.3 Å². The number of likely N-dealkylation sites (tertiary alicyclic amines) is 1. The number of carbonyl (C=O) groups excluding carboxylic acids is 1. The fourth-order valence-electron chi connectivity index (χ4n) is 2.15. The Bertz CT molecular complexity index is 361. The van der Waals surface area contributed by atoms with Crippen molar-refractivity contribution in [1.82, 2.24) is 10.2 Å². The molecule has 2 rings (SSSR count). The Kier molecular flexibility index (Phi) is 5.16. The summed E-state index contributed by atoms with van der Waals surface area (Å²) in [6.07, 6.45) is 2.94. The maximum absolute atomic E-state index is 11.8. The number of aliphatic hydroxyl groups excluding tert-OH is 1. The first-order valence-electron chi connectivity index (χ1n) is 6.46. The van der Waals surface area contributed by atoms with Gasteiger partial charge in [0.15, 0.2) is 0 Å². The van der Waals surface area contributed by atoms with E-state index in [1.165, 1.54) is 6.42 Å². The molecule has 1 aromatic rings. The number of nitrogens with zero attached hydrogens (tertiary/aromatic N) is 1. The van der Waals surface area contributed by atoms with Gasteiger partial charge < -0.3 is 15.3 Å². The lowest BCUT2D eigenvalue weighted by molar-refractivity contribution is -0.131. The first-order valence-corrected chi connectivity index (χ1v) is 7.40. The second-order valence-corrected chi connectivity index (χ2v) is 5.42. The maximum atomic E-state index is 11.8. The number of thiophene rings is 1. The highest BCUT2D eigenvalue weighted by molar-refractivity contribution is 7.07. The van der Waals surface area contributed by atoms with Crippen molar-refractivity contribution in [3.05, 3.63) is 22.4 Å². The average molecular weight is 268 g/mol. The molecule has 100 valence electrons. The van der Waals surface area contributed by atoms with E-state index in [1.807, 2.05) is 21.7 Å². The molecule has 0 aromatic carbocycles. The molecule has 1 aliphatic heterocycles. The minimum Gasteiger partial charge on any atom is -0.387 e. The molecule has 2 heterocycles. The molecule has 0 spiro atoms. The smallest absolute Gasteiger partial charge is 0.236 e. The molecule has 5 heteroatoms. The summed E-state index contributed by atoms with van der Waals surface area (Å²) in [7, 11) is 0. The van der Waals surface area contributed by atoms with Crippen LogP contribution in [0.25, 0.3) is 0 Å². The molecule has 0 bridgehead atoms. The summed E-state index contributed by atoms with van der Waals surface area (Å²) >= 11 is 1.57. The highest BCUT2D eigenvalue weighted by atomic mass is 32.1. The van der Waals surface area contributed by atoms with Gasteiger partial charge in [-0.25, -0.2) is 0 Å². The van der Waals surface area contributed by atoms with Crippen LogP contribution in [0.2, 0.25) is 0 Å². The Balaban J connectivity index is 1.67. The Hall–Kier alpha value is -0.910. The summed E-state index contributed by atoms with van der Waals surface area (Å²) in [4.78, 5) is 13.8. The van der Waals surface area contributed by atoms with Crippen molar-refractivity contribution in [2.45, 2.75) is 25.4 Å². The lowest BCUT2D eigenvalue weighted by Gasteiger charge is -2.27. The van der Waals surface area contributed by atoms with Crippen LogP contribution in [0.1, 0.15) is 30.9 Å². The van der Waals surface area contributed by atoms with Gasteiger partial charge in [0.25, 0.3) is 0 Å². The lowest BCUT2D eigenvalue weighted by atomic mass is 10.1. The lowest BCUT2D eigenvalue weighted by Crippen LogP contribution is -2.41. The van der Waals surface area contributed by atoms with Gasteiger partial charge in [0.05, 0.1) is 12.6 Å². The summed E-state index contributed by atoms with van der Waals surface area (Å²) in [5, 5.41) is 16.8. The standard InChI is InChI=1S/C13H20N2O2S/c16-12(11-4-7-18-10-11)8-14-9-13(17)15-5-2-1-3-6-15/h4,7,10,12,14,16H,1-3,5-6,8-9H2. The molecular weight excluding hydrogens is 248 g/mol. The number of amides is 1. The van der Waals surface area contributed by atoms with Crippen LogP contribution in [-0.4, -0.2) is 42.1 Å². The number of hydrogen-bond acceptors (Lipinski definition) is 4. The number of nitrogens with one attached hydrogen (secondary N) is 1. The molecule has 0 radical (unpaired) electrons. The Morgan fingerprint density at radius 2 is 2.22 bits per heavy atom. The first kappa shape index (κ1) is 13.5. The second kappa shape index (κ2) is 6.87. The van der Waals surface area contributed by atoms with Gasteiger partial charge >= 0.3 is 0 Å². The summed E-state index contributed by atoms with van der Waals surface area (Å²) in [5.74, 6) is 0.146. The van der Waals surface area contributed by atoms with Crippen LogP contribution >= 0.6 is 11.3 Å². The van der Waals surface area contributed by atoms with Crippen LogP contribution in [0.3, 0.4) is 0 Å². The summed E-state index contributed by atoms with van der Waals surface area (Å²) in [5.41, 5.74) is 0.915. The van der Waals surface area contributed by atoms with Gasteiger partial charge in [-0.3, -0.25) is 4.79 Å². The van der Waals surface area contributed by atoms with E-state index in [4.69, 9.17) is 0 Å². The van der Waals surface area contributed by atoms with Crippen LogP contribution in [0.4, 0.5) is 0 Å². The third kappa shape index (κ3) is 3.80. The topological polar surface area (TPSA) is 52.6 Å². The Morgan fingerprint density at radius 1 is 1.44 bits per heavy atom. The molecule has 1 aliphatic rings. The zero-order valence-electron chi connectivity index (χ0n) is 10.5. The molecule has 1 aromatic heterocycles. The van der Waals surface area contributed by atoms with Crippen molar-refractivity contribution in [1.29, 1.82) is 0 Å². The molecule has 2 N–H and O–H groups in total. The predicted octanol–water partition coefficient (Wildman–Crippen LogP) is 1.38. The summed E-state index contributed by atoms with van der Waals surface area (Å²) in [6, 6.07) is 1.91. The van der Waals surface area contributed by atoms with Crippen molar-refractivity contribution in [3.8, 4) is 0 Å². The van der Waals surface area contributed by atoms with Gasteiger partial charge in [0.2, 0.25) is 5.91 Å². The SMILES string of the molecule is O=C(CNCC(O)c1ccsc1)N1CCCCC1. The predicted molar refractivity (Wildman–Crippen MR) is 72.6 cm³/mol. The van der Waals surface area contributed by atoms with Crippen molar-refractivity contribution < 1.29 is 9.90 Å². The average Bonchev–Trinajstić information content (AvgIpc) is 2.93. The van der Waals surface area contributed by atoms with Crippen LogP contribution in [0.5, 0.6) is 0 Å². The van der Waals surface area contributed by atoms with Crippen molar-refractivity contribution in [2.24, 2.45) is 0 Å². The minimum atomic E-state index is -0.523. The maximum Gasteiger partial charge on any atom is 0.236 e. The van der Waals surface area contributed by atoms with Crippen LogP contribution < -0.4 is 5.32 Å². The molecule has 1 atom stereocenters. The van der Waals surface area contributed by atoms with E-state index in [-0.39, 0.29) is 5.91 Å². The molecule has 1 amide bonds. The van der Waals surface area contributed by atoms with Gasteiger partial charge in [0, 0.05) is 19.6 Å². The molecule has 0 aliphatic carbocycles. The number of piperidine rings is 1. The fraction of sp³-hybridized carbons (Fsp3) is 0.615. The molecule has 1 saturated heterocycles. The minimum absolute atomic E-state index is 0.146. The quantitative estimate of drug-likeness (QED) is 0.848. The van der Waals surface area contributed by atoms with E-state index < -0.39 is 6.10 Å². The molecule has 4 nitrogen and oxygen atoms in total. The molecule has 1 unspecified atom stereocenters. The van der Waals surface area contributed by atoms with Gasteiger partial charge in [-0.05, 0) is 41.7 Å². The summed E-state index contributed by atoms with van der Waals surface area (Å²) in [6.45, 7) is 2.51. The van der Waals surface area contributed by atoms with Crippen LogP contribution in [0.15, 0.2) is 16.8 Å². The molecule has 1 fully saturated rings. The molecular formula is C13H20N2O2S. The van der Waals surface area contributed by atoms with Gasteiger partial charge in [-0.15, -0.1) is 0 Å². The largest absolute Gasteiger partial charge is 0.387 e. The normalized spacial score (nSPS) is 17.7. The zero-order chi connectivity index (χ0) is 12.8. The van der Waals surface area contributed by atoms with Gasteiger partial charge in [0.1, 0.15) is 0 Å². The molecule has 18 heavy (non-hydrogen) atoms. The van der Waals surface area contributed by atoms with E-state index in [2.05, 4.69) is 5.32 Å². The van der Waals surface area contributed by atoms with Gasteiger partial charge in [-0.1, -0.05) is 0 Å². The third-order valence-corrected chi connectivity index (χ3v) is 3.95. The van der Waals surface area contributed by atoms with E-state index in [0.717, 1.165) is 31.5 Å². The van der Waals surface area contributed by atoms with Crippen LogP contribution in [0, 0.1) is 0 Å².